The van der Waals surface area contributed by atoms with Gasteiger partial charge in [-0.1, -0.05) is 17.7 Å². The van der Waals surface area contributed by atoms with Crippen molar-refractivity contribution in [2.75, 3.05) is 10.0 Å². The number of nitro groups is 1. The van der Waals surface area contributed by atoms with Crippen LogP contribution in [0, 0.1) is 24.0 Å². The van der Waals surface area contributed by atoms with Gasteiger partial charge >= 0.3 is 0 Å². The van der Waals surface area contributed by atoms with Crippen LogP contribution in [-0.4, -0.2) is 19.2 Å². The summed E-state index contributed by atoms with van der Waals surface area (Å²) in [4.78, 5) is 22.7. The smallest absolute Gasteiger partial charge is 0.288 e. The second kappa shape index (κ2) is 8.75. The van der Waals surface area contributed by atoms with E-state index in [-0.39, 0.29) is 21.2 Å². The van der Waals surface area contributed by atoms with Crippen molar-refractivity contribution in [3.05, 3.63) is 92.5 Å². The molecule has 0 unspecified atom stereocenters. The van der Waals surface area contributed by atoms with Gasteiger partial charge in [-0.05, 0) is 73.5 Å². The van der Waals surface area contributed by atoms with Gasteiger partial charge in [-0.25, -0.2) is 8.42 Å². The van der Waals surface area contributed by atoms with Crippen LogP contribution in [0.25, 0.3) is 0 Å². The van der Waals surface area contributed by atoms with Gasteiger partial charge in [-0.2, -0.15) is 0 Å². The second-order valence-electron chi connectivity index (χ2n) is 6.88. The van der Waals surface area contributed by atoms with Crippen molar-refractivity contribution >= 4 is 44.6 Å². The molecule has 3 rings (SSSR count). The lowest BCUT2D eigenvalue weighted by Gasteiger charge is -2.11. The Hall–Kier alpha value is -3.43. The number of sulfonamides is 1. The van der Waals surface area contributed by atoms with E-state index in [0.29, 0.717) is 11.4 Å². The van der Waals surface area contributed by atoms with Crippen molar-refractivity contribution in [3.63, 3.8) is 0 Å². The molecule has 0 aliphatic heterocycles. The Morgan fingerprint density at radius 3 is 2.13 bits per heavy atom. The van der Waals surface area contributed by atoms with Gasteiger partial charge in [0.1, 0.15) is 5.02 Å². The average molecular weight is 460 g/mol. The van der Waals surface area contributed by atoms with Gasteiger partial charge in [0.05, 0.1) is 9.82 Å². The first-order valence-electron chi connectivity index (χ1n) is 9.01. The normalized spacial score (nSPS) is 11.1. The first kappa shape index (κ1) is 22.3. The van der Waals surface area contributed by atoms with Gasteiger partial charge in [0.25, 0.3) is 21.6 Å². The van der Waals surface area contributed by atoms with Gasteiger partial charge in [-0.3, -0.25) is 19.6 Å². The zero-order chi connectivity index (χ0) is 22.8. The maximum Gasteiger partial charge on any atom is 0.288 e. The molecule has 1 amide bonds. The van der Waals surface area contributed by atoms with E-state index in [0.717, 1.165) is 17.2 Å². The molecule has 0 heterocycles. The van der Waals surface area contributed by atoms with Crippen molar-refractivity contribution in [3.8, 4) is 0 Å². The molecular formula is C21H18ClN3O5S. The molecule has 0 aromatic heterocycles. The number of nitrogens with one attached hydrogen (secondary N) is 2. The van der Waals surface area contributed by atoms with Gasteiger partial charge in [0.2, 0.25) is 0 Å². The molecule has 0 radical (unpaired) electrons. The summed E-state index contributed by atoms with van der Waals surface area (Å²) in [6.45, 7) is 3.75. The monoisotopic (exact) mass is 459 g/mol. The molecule has 3 aromatic carbocycles. The highest BCUT2D eigenvalue weighted by Gasteiger charge is 2.18. The molecule has 2 N–H and O–H groups in total. The Morgan fingerprint density at radius 1 is 0.935 bits per heavy atom. The van der Waals surface area contributed by atoms with E-state index in [2.05, 4.69) is 10.0 Å². The van der Waals surface area contributed by atoms with Crippen molar-refractivity contribution in [2.45, 2.75) is 18.7 Å². The summed E-state index contributed by atoms with van der Waals surface area (Å²) in [5.74, 6) is -0.594. The summed E-state index contributed by atoms with van der Waals surface area (Å²) < 4.78 is 27.8. The van der Waals surface area contributed by atoms with Crippen molar-refractivity contribution in [2.24, 2.45) is 0 Å². The van der Waals surface area contributed by atoms with Gasteiger partial charge in [0, 0.05) is 23.0 Å². The molecule has 0 spiro atoms. The zero-order valence-corrected chi connectivity index (χ0v) is 18.1. The number of aryl methyl sites for hydroxylation is 2. The Balaban J connectivity index is 1.76. The van der Waals surface area contributed by atoms with Crippen LogP contribution >= 0.6 is 11.6 Å². The van der Waals surface area contributed by atoms with Crippen LogP contribution < -0.4 is 10.0 Å². The van der Waals surface area contributed by atoms with Crippen LogP contribution in [0.2, 0.25) is 5.02 Å². The third-order valence-corrected chi connectivity index (χ3v) is 6.02. The standard InChI is InChI=1S/C21H18ClN3O5S/c1-13-9-14(2)11-17(10-13)24-31(29,30)18-6-4-16(5-7-18)23-21(26)15-3-8-19(22)20(12-15)25(27)28/h3-12,24H,1-2H3,(H,23,26). The molecule has 3 aromatic rings. The largest absolute Gasteiger partial charge is 0.322 e. The third-order valence-electron chi connectivity index (χ3n) is 4.30. The minimum Gasteiger partial charge on any atom is -0.322 e. The fraction of sp³-hybridized carbons (Fsp3) is 0.0952. The number of halogens is 1. The molecule has 0 fully saturated rings. The van der Waals surface area contributed by atoms with E-state index < -0.39 is 20.9 Å². The van der Waals surface area contributed by atoms with Crippen molar-refractivity contribution in [1.29, 1.82) is 0 Å². The van der Waals surface area contributed by atoms with Gasteiger partial charge in [-0.15, -0.1) is 0 Å². The first-order valence-corrected chi connectivity index (χ1v) is 10.9. The number of benzene rings is 3. The molecule has 160 valence electrons. The highest BCUT2D eigenvalue weighted by Crippen LogP contribution is 2.26. The topological polar surface area (TPSA) is 118 Å². The highest BCUT2D eigenvalue weighted by molar-refractivity contribution is 7.92. The molecule has 0 saturated heterocycles. The zero-order valence-electron chi connectivity index (χ0n) is 16.5. The number of carbonyl (C=O) groups excluding carboxylic acids is 1. The maximum absolute atomic E-state index is 12.6. The second-order valence-corrected chi connectivity index (χ2v) is 8.97. The van der Waals surface area contributed by atoms with E-state index in [1.165, 1.54) is 36.4 Å². The molecule has 31 heavy (non-hydrogen) atoms. The maximum atomic E-state index is 12.6. The van der Waals surface area contributed by atoms with Crippen LogP contribution in [0.1, 0.15) is 21.5 Å². The minimum absolute atomic E-state index is 0.0202. The minimum atomic E-state index is -3.82. The van der Waals surface area contributed by atoms with Gasteiger partial charge < -0.3 is 5.32 Å². The van der Waals surface area contributed by atoms with E-state index in [1.807, 2.05) is 19.9 Å². The predicted molar refractivity (Wildman–Crippen MR) is 119 cm³/mol. The summed E-state index contributed by atoms with van der Waals surface area (Å²) in [5, 5.41) is 13.5. The van der Waals surface area contributed by atoms with E-state index >= 15 is 0 Å². The molecule has 0 saturated carbocycles. The lowest BCUT2D eigenvalue weighted by Crippen LogP contribution is -2.14. The van der Waals surface area contributed by atoms with Crippen LogP contribution in [-0.2, 0) is 10.0 Å². The third kappa shape index (κ3) is 5.39. The van der Waals surface area contributed by atoms with Crippen molar-refractivity contribution in [1.82, 2.24) is 0 Å². The SMILES string of the molecule is Cc1cc(C)cc(NS(=O)(=O)c2ccc(NC(=O)c3ccc(Cl)c([N+](=O)[O-])c3)cc2)c1. The van der Waals surface area contributed by atoms with Crippen LogP contribution in [0.4, 0.5) is 17.1 Å². The Labute approximate surface area is 184 Å². The number of rotatable bonds is 6. The molecule has 10 heteroatoms. The van der Waals surface area contributed by atoms with Gasteiger partial charge in [0.15, 0.2) is 0 Å². The Bertz CT molecular complexity index is 1250. The number of nitro benzene ring substituents is 1. The number of hydrogen-bond donors (Lipinski definition) is 2. The fourth-order valence-corrected chi connectivity index (χ4v) is 4.19. The number of anilines is 2. The number of hydrogen-bond acceptors (Lipinski definition) is 5. The van der Waals surface area contributed by atoms with Crippen LogP contribution in [0.5, 0.6) is 0 Å². The first-order chi connectivity index (χ1) is 14.5. The lowest BCUT2D eigenvalue weighted by molar-refractivity contribution is -0.384. The average Bonchev–Trinajstić information content (AvgIpc) is 2.67. The summed E-state index contributed by atoms with van der Waals surface area (Å²) in [6.07, 6.45) is 0. The number of amides is 1. The summed E-state index contributed by atoms with van der Waals surface area (Å²) in [7, 11) is -3.82. The molecule has 0 atom stereocenters. The molecule has 0 aliphatic carbocycles. The lowest BCUT2D eigenvalue weighted by atomic mass is 10.1. The summed E-state index contributed by atoms with van der Waals surface area (Å²) in [5.41, 5.74) is 2.31. The quantitative estimate of drug-likeness (QED) is 0.400. The van der Waals surface area contributed by atoms with Crippen LogP contribution in [0.3, 0.4) is 0 Å². The van der Waals surface area contributed by atoms with E-state index in [9.17, 15) is 23.3 Å². The summed E-state index contributed by atoms with van der Waals surface area (Å²) in [6, 6.07) is 14.6. The molecular weight excluding hydrogens is 442 g/mol. The van der Waals surface area contributed by atoms with Crippen LogP contribution in [0.15, 0.2) is 65.6 Å². The number of carbonyl (C=O) groups is 1. The Kier molecular flexibility index (Phi) is 6.28. The summed E-state index contributed by atoms with van der Waals surface area (Å²) >= 11 is 5.76. The molecule has 0 bridgehead atoms. The Morgan fingerprint density at radius 2 is 1.55 bits per heavy atom. The van der Waals surface area contributed by atoms with Crippen molar-refractivity contribution < 1.29 is 18.1 Å². The molecule has 8 nitrogen and oxygen atoms in total. The van der Waals surface area contributed by atoms with E-state index in [4.69, 9.17) is 11.6 Å². The molecule has 0 aliphatic rings. The van der Waals surface area contributed by atoms with E-state index in [1.54, 1.807) is 12.1 Å². The number of nitrogens with zero attached hydrogens (tertiary/aromatic N) is 1. The predicted octanol–water partition coefficient (Wildman–Crippen LogP) is 4.92. The fourth-order valence-electron chi connectivity index (χ4n) is 2.96. The highest BCUT2D eigenvalue weighted by atomic mass is 35.5.